The maximum Gasteiger partial charge on any atom is 0.433 e. The molecular weight excluding hydrogens is 260 g/mol. The van der Waals surface area contributed by atoms with Crippen LogP contribution in [-0.4, -0.2) is 23.3 Å². The molecule has 1 amide bonds. The molecule has 0 saturated heterocycles. The van der Waals surface area contributed by atoms with Gasteiger partial charge in [-0.2, -0.15) is 0 Å². The second-order valence-electron chi connectivity index (χ2n) is 4.68. The van der Waals surface area contributed by atoms with E-state index in [2.05, 4.69) is 5.32 Å². The fourth-order valence-electron chi connectivity index (χ4n) is 1.30. The zero-order chi connectivity index (χ0) is 13.8. The van der Waals surface area contributed by atoms with Crippen LogP contribution in [0.4, 0.5) is 5.88 Å². The average Bonchev–Trinajstić information content (AvgIpc) is 2.75. The summed E-state index contributed by atoms with van der Waals surface area (Å²) in [7, 11) is 0. The van der Waals surface area contributed by atoms with Crippen LogP contribution < -0.4 is 5.32 Å². The van der Waals surface area contributed by atoms with E-state index in [0.29, 0.717) is 12.4 Å². The Hall–Kier alpha value is -1.56. The first-order chi connectivity index (χ1) is 8.35. The van der Waals surface area contributed by atoms with Crippen molar-refractivity contribution in [3.8, 4) is 0 Å². The van der Waals surface area contributed by atoms with E-state index in [4.69, 9.17) is 16.0 Å². The van der Waals surface area contributed by atoms with E-state index in [-0.39, 0.29) is 11.2 Å². The monoisotopic (exact) mass is 274 g/mol. The molecule has 18 heavy (non-hydrogen) atoms. The minimum absolute atomic E-state index is 0.0663. The summed E-state index contributed by atoms with van der Waals surface area (Å²) in [6.45, 7) is 4.37. The highest BCUT2D eigenvalue weighted by molar-refractivity contribution is 6.17. The summed E-state index contributed by atoms with van der Waals surface area (Å²) >= 11 is 5.65. The number of hydrogen-bond donors (Lipinski definition) is 1. The molecule has 0 unspecified atom stereocenters. The minimum atomic E-state index is -0.686. The molecule has 1 heterocycles. The molecule has 7 heteroatoms. The largest absolute Gasteiger partial charge is 0.433 e. The van der Waals surface area contributed by atoms with Gasteiger partial charge in [0.2, 0.25) is 0 Å². The lowest BCUT2D eigenvalue weighted by Crippen LogP contribution is -2.34. The van der Waals surface area contributed by atoms with Gasteiger partial charge in [0.15, 0.2) is 5.76 Å². The van der Waals surface area contributed by atoms with Gasteiger partial charge in [0.25, 0.3) is 5.91 Å². The third-order valence-electron chi connectivity index (χ3n) is 2.49. The van der Waals surface area contributed by atoms with Crippen LogP contribution in [0.25, 0.3) is 0 Å². The Balaban J connectivity index is 2.57. The summed E-state index contributed by atoms with van der Waals surface area (Å²) < 4.78 is 4.79. The Kier molecular flexibility index (Phi) is 4.72. The second-order valence-corrected chi connectivity index (χ2v) is 5.06. The van der Waals surface area contributed by atoms with E-state index in [0.717, 1.165) is 12.5 Å². The highest BCUT2D eigenvalue weighted by Crippen LogP contribution is 2.20. The van der Waals surface area contributed by atoms with Crippen molar-refractivity contribution in [2.24, 2.45) is 5.41 Å². The molecule has 0 atom stereocenters. The van der Waals surface area contributed by atoms with Crippen LogP contribution in [0.1, 0.15) is 30.8 Å². The van der Waals surface area contributed by atoms with Crippen molar-refractivity contribution in [1.82, 2.24) is 5.32 Å². The van der Waals surface area contributed by atoms with Gasteiger partial charge in [-0.05, 0) is 17.9 Å². The summed E-state index contributed by atoms with van der Waals surface area (Å²) in [5.74, 6) is -0.468. The molecule has 100 valence electrons. The predicted octanol–water partition coefficient (Wildman–Crippen LogP) is 2.57. The number of nitrogens with one attached hydrogen (secondary N) is 1. The number of carbonyl (C=O) groups is 1. The van der Waals surface area contributed by atoms with Crippen molar-refractivity contribution < 1.29 is 14.1 Å². The van der Waals surface area contributed by atoms with Gasteiger partial charge in [0, 0.05) is 12.4 Å². The molecule has 0 spiro atoms. The number of hydrogen-bond acceptors (Lipinski definition) is 4. The van der Waals surface area contributed by atoms with Gasteiger partial charge < -0.3 is 9.73 Å². The van der Waals surface area contributed by atoms with E-state index in [1.165, 1.54) is 6.07 Å². The lowest BCUT2D eigenvalue weighted by molar-refractivity contribution is -0.402. The molecule has 0 fully saturated rings. The zero-order valence-electron chi connectivity index (χ0n) is 10.2. The zero-order valence-corrected chi connectivity index (χ0v) is 11.0. The Bertz CT molecular complexity index is 442. The van der Waals surface area contributed by atoms with Crippen molar-refractivity contribution in [3.63, 3.8) is 0 Å². The van der Waals surface area contributed by atoms with E-state index in [9.17, 15) is 14.9 Å². The predicted molar refractivity (Wildman–Crippen MR) is 66.8 cm³/mol. The number of nitrogens with zero attached hydrogens (tertiary/aromatic N) is 1. The van der Waals surface area contributed by atoms with Crippen molar-refractivity contribution in [1.29, 1.82) is 0 Å². The Labute approximate surface area is 109 Å². The number of amides is 1. The summed E-state index contributed by atoms with van der Waals surface area (Å²) in [5, 5.41) is 13.1. The van der Waals surface area contributed by atoms with Crippen LogP contribution in [0, 0.1) is 15.5 Å². The van der Waals surface area contributed by atoms with Crippen molar-refractivity contribution in [3.05, 3.63) is 28.0 Å². The van der Waals surface area contributed by atoms with Crippen LogP contribution in [0.15, 0.2) is 16.5 Å². The first-order valence-corrected chi connectivity index (χ1v) is 5.97. The first-order valence-electron chi connectivity index (χ1n) is 5.44. The minimum Gasteiger partial charge on any atom is -0.395 e. The Morgan fingerprint density at radius 3 is 2.72 bits per heavy atom. The molecule has 1 N–H and O–H groups in total. The van der Waals surface area contributed by atoms with Gasteiger partial charge in [-0.15, -0.1) is 11.6 Å². The lowest BCUT2D eigenvalue weighted by Gasteiger charge is -2.23. The standard InChI is InChI=1S/C11H15ClN2O4/c1-11(2,5-6-12)7-13-10(15)8-3-4-9(18-8)14(16)17/h3-4H,5-7H2,1-2H3,(H,13,15). The van der Waals surface area contributed by atoms with E-state index in [1.54, 1.807) is 0 Å². The summed E-state index contributed by atoms with van der Waals surface area (Å²) in [6, 6.07) is 2.43. The topological polar surface area (TPSA) is 85.4 Å². The van der Waals surface area contributed by atoms with Crippen molar-refractivity contribution >= 4 is 23.4 Å². The summed E-state index contributed by atoms with van der Waals surface area (Å²) in [5.41, 5.74) is -0.129. The molecule has 0 saturated carbocycles. The Morgan fingerprint density at radius 2 is 2.22 bits per heavy atom. The number of rotatable bonds is 6. The van der Waals surface area contributed by atoms with E-state index in [1.807, 2.05) is 13.8 Å². The highest BCUT2D eigenvalue weighted by Gasteiger charge is 2.21. The fourth-order valence-corrected chi connectivity index (χ4v) is 1.81. The van der Waals surface area contributed by atoms with Gasteiger partial charge in [0.05, 0.1) is 6.07 Å². The normalized spacial score (nSPS) is 11.3. The van der Waals surface area contributed by atoms with Gasteiger partial charge in [-0.1, -0.05) is 13.8 Å². The SMILES string of the molecule is CC(C)(CCCl)CNC(=O)c1ccc([N+](=O)[O-])o1. The number of carbonyl (C=O) groups excluding carboxylic acids is 1. The molecule has 0 bridgehead atoms. The van der Waals surface area contributed by atoms with Crippen LogP contribution >= 0.6 is 11.6 Å². The molecule has 0 aliphatic rings. The third kappa shape index (κ3) is 4.03. The van der Waals surface area contributed by atoms with Gasteiger partial charge >= 0.3 is 5.88 Å². The average molecular weight is 275 g/mol. The van der Waals surface area contributed by atoms with Crippen LogP contribution in [0.3, 0.4) is 0 Å². The quantitative estimate of drug-likeness (QED) is 0.491. The molecule has 1 aromatic heterocycles. The van der Waals surface area contributed by atoms with Gasteiger partial charge in [0.1, 0.15) is 4.92 Å². The maximum atomic E-state index is 11.7. The number of alkyl halides is 1. The summed E-state index contributed by atoms with van der Waals surface area (Å²) in [4.78, 5) is 21.4. The maximum absolute atomic E-state index is 11.7. The van der Waals surface area contributed by atoms with Gasteiger partial charge in [-0.3, -0.25) is 14.9 Å². The number of furan rings is 1. The molecule has 1 aromatic rings. The highest BCUT2D eigenvalue weighted by atomic mass is 35.5. The van der Waals surface area contributed by atoms with E-state index < -0.39 is 16.7 Å². The molecule has 1 rings (SSSR count). The number of halogens is 1. The fraction of sp³-hybridized carbons (Fsp3) is 0.545. The lowest BCUT2D eigenvalue weighted by atomic mass is 9.90. The molecule has 0 radical (unpaired) electrons. The smallest absolute Gasteiger partial charge is 0.395 e. The number of nitro groups is 1. The summed E-state index contributed by atoms with van der Waals surface area (Å²) in [6.07, 6.45) is 0.757. The first kappa shape index (κ1) is 14.5. The van der Waals surface area contributed by atoms with Crippen LogP contribution in [0.2, 0.25) is 0 Å². The van der Waals surface area contributed by atoms with Gasteiger partial charge in [-0.25, -0.2) is 0 Å². The third-order valence-corrected chi connectivity index (χ3v) is 2.68. The van der Waals surface area contributed by atoms with Crippen LogP contribution in [0.5, 0.6) is 0 Å². The van der Waals surface area contributed by atoms with Crippen LogP contribution in [-0.2, 0) is 0 Å². The Morgan fingerprint density at radius 1 is 1.56 bits per heavy atom. The van der Waals surface area contributed by atoms with Crippen molar-refractivity contribution in [2.45, 2.75) is 20.3 Å². The van der Waals surface area contributed by atoms with Crippen molar-refractivity contribution in [2.75, 3.05) is 12.4 Å². The van der Waals surface area contributed by atoms with E-state index >= 15 is 0 Å². The molecule has 0 aliphatic heterocycles. The second kappa shape index (κ2) is 5.86. The molecule has 6 nitrogen and oxygen atoms in total. The molecular formula is C11H15ClN2O4. The molecule has 0 aromatic carbocycles. The molecule has 0 aliphatic carbocycles.